The maximum absolute atomic E-state index is 9.78. The van der Waals surface area contributed by atoms with E-state index in [1.165, 1.54) is 24.3 Å². The van der Waals surface area contributed by atoms with Crippen molar-refractivity contribution < 1.29 is 24.9 Å². The zero-order chi connectivity index (χ0) is 13.4. The lowest BCUT2D eigenvalue weighted by atomic mass is 10.3. The van der Waals surface area contributed by atoms with Gasteiger partial charge in [0.25, 0.3) is 6.47 Å². The second-order valence-electron chi connectivity index (χ2n) is 3.20. The zero-order valence-electron chi connectivity index (χ0n) is 9.35. The SMILES string of the molecule is O=COc1cccc(O)c1.Oc1ccccc1O. The number of benzene rings is 2. The van der Waals surface area contributed by atoms with Gasteiger partial charge in [-0.15, -0.1) is 0 Å². The summed E-state index contributed by atoms with van der Waals surface area (Å²) in [6.45, 7) is 0.314. The number of ether oxygens (including phenoxy) is 1. The Hall–Kier alpha value is -2.69. The lowest BCUT2D eigenvalue weighted by Gasteiger charge is -1.95. The Labute approximate surface area is 104 Å². The predicted molar refractivity (Wildman–Crippen MR) is 64.6 cm³/mol. The molecule has 0 unspecified atom stereocenters. The van der Waals surface area contributed by atoms with E-state index in [9.17, 15) is 4.79 Å². The van der Waals surface area contributed by atoms with Crippen LogP contribution in [-0.4, -0.2) is 21.8 Å². The molecule has 0 aliphatic heterocycles. The van der Waals surface area contributed by atoms with E-state index in [4.69, 9.17) is 15.3 Å². The maximum atomic E-state index is 9.78. The molecule has 0 spiro atoms. The number of hydrogen-bond donors (Lipinski definition) is 3. The molecule has 3 N–H and O–H groups in total. The number of phenols is 3. The molecule has 0 atom stereocenters. The van der Waals surface area contributed by atoms with Crippen molar-refractivity contribution in [2.75, 3.05) is 0 Å². The van der Waals surface area contributed by atoms with Gasteiger partial charge in [0.05, 0.1) is 0 Å². The van der Waals surface area contributed by atoms with Crippen LogP contribution in [0.2, 0.25) is 0 Å². The minimum absolute atomic E-state index is 0.0764. The van der Waals surface area contributed by atoms with E-state index >= 15 is 0 Å². The van der Waals surface area contributed by atoms with Crippen molar-refractivity contribution in [3.05, 3.63) is 48.5 Å². The average Bonchev–Trinajstić information content (AvgIpc) is 2.34. The van der Waals surface area contributed by atoms with Gasteiger partial charge in [0, 0.05) is 6.07 Å². The van der Waals surface area contributed by atoms with E-state index in [-0.39, 0.29) is 17.2 Å². The normalized spacial score (nSPS) is 8.89. The van der Waals surface area contributed by atoms with Crippen LogP contribution in [-0.2, 0) is 4.79 Å². The first-order valence-corrected chi connectivity index (χ1v) is 5.00. The third-order valence-corrected chi connectivity index (χ3v) is 1.88. The molecule has 0 aliphatic carbocycles. The second kappa shape index (κ2) is 6.80. The van der Waals surface area contributed by atoms with Crippen molar-refractivity contribution in [2.45, 2.75) is 0 Å². The van der Waals surface area contributed by atoms with Gasteiger partial charge < -0.3 is 20.1 Å². The van der Waals surface area contributed by atoms with Crippen LogP contribution in [0.25, 0.3) is 0 Å². The predicted octanol–water partition coefficient (Wildman–Crippen LogP) is 2.03. The van der Waals surface area contributed by atoms with Crippen LogP contribution in [0, 0.1) is 0 Å². The molecule has 0 heterocycles. The summed E-state index contributed by atoms with van der Waals surface area (Å²) in [5.41, 5.74) is 0. The van der Waals surface area contributed by atoms with Crippen molar-refractivity contribution in [2.24, 2.45) is 0 Å². The molecule has 0 bridgehead atoms. The Morgan fingerprint density at radius 3 is 1.94 bits per heavy atom. The number of aromatic hydroxyl groups is 3. The van der Waals surface area contributed by atoms with Gasteiger partial charge in [-0.05, 0) is 24.3 Å². The molecule has 5 heteroatoms. The molecule has 0 saturated carbocycles. The molecule has 0 saturated heterocycles. The van der Waals surface area contributed by atoms with Gasteiger partial charge in [0.2, 0.25) is 0 Å². The Kier molecular flexibility index (Phi) is 5.05. The zero-order valence-corrected chi connectivity index (χ0v) is 9.35. The quantitative estimate of drug-likeness (QED) is 0.559. The van der Waals surface area contributed by atoms with Gasteiger partial charge in [0.15, 0.2) is 11.5 Å². The van der Waals surface area contributed by atoms with Crippen molar-refractivity contribution in [3.63, 3.8) is 0 Å². The first kappa shape index (κ1) is 13.4. The molecule has 94 valence electrons. The van der Waals surface area contributed by atoms with Crippen LogP contribution in [0.3, 0.4) is 0 Å². The van der Waals surface area contributed by atoms with Gasteiger partial charge in [-0.3, -0.25) is 4.79 Å². The van der Waals surface area contributed by atoms with Crippen LogP contribution in [0.15, 0.2) is 48.5 Å². The molecule has 0 aliphatic rings. The number of rotatable bonds is 2. The minimum Gasteiger partial charge on any atom is -0.508 e. The fraction of sp³-hybridized carbons (Fsp3) is 0. The Morgan fingerprint density at radius 2 is 1.50 bits per heavy atom. The molecule has 2 rings (SSSR count). The summed E-state index contributed by atoms with van der Waals surface area (Å²) in [6.07, 6.45) is 0. The summed E-state index contributed by atoms with van der Waals surface area (Å²) in [7, 11) is 0. The Balaban J connectivity index is 0.000000184. The molecule has 0 fully saturated rings. The molecule has 5 nitrogen and oxygen atoms in total. The molecule has 2 aromatic rings. The molecule has 0 aromatic heterocycles. The summed E-state index contributed by atoms with van der Waals surface area (Å²) in [5.74, 6) is 0.273. The molecular formula is C13H12O5. The minimum atomic E-state index is -0.0764. The topological polar surface area (TPSA) is 87.0 Å². The van der Waals surface area contributed by atoms with Crippen molar-refractivity contribution >= 4 is 6.47 Å². The largest absolute Gasteiger partial charge is 0.508 e. The van der Waals surface area contributed by atoms with Crippen molar-refractivity contribution in [1.29, 1.82) is 0 Å². The average molecular weight is 248 g/mol. The lowest BCUT2D eigenvalue weighted by Crippen LogP contribution is -1.86. The summed E-state index contributed by atoms with van der Waals surface area (Å²) >= 11 is 0. The van der Waals surface area contributed by atoms with Crippen LogP contribution in [0.5, 0.6) is 23.0 Å². The third kappa shape index (κ3) is 4.44. The molecular weight excluding hydrogens is 236 g/mol. The highest BCUT2D eigenvalue weighted by atomic mass is 16.5. The van der Waals surface area contributed by atoms with Gasteiger partial charge in [-0.1, -0.05) is 18.2 Å². The molecule has 0 amide bonds. The molecule has 2 aromatic carbocycles. The van der Waals surface area contributed by atoms with E-state index in [2.05, 4.69) is 4.74 Å². The van der Waals surface area contributed by atoms with Gasteiger partial charge >= 0.3 is 0 Å². The van der Waals surface area contributed by atoms with E-state index in [0.717, 1.165) is 0 Å². The van der Waals surface area contributed by atoms with Crippen molar-refractivity contribution in [1.82, 2.24) is 0 Å². The van der Waals surface area contributed by atoms with E-state index in [1.807, 2.05) is 0 Å². The van der Waals surface area contributed by atoms with Crippen LogP contribution < -0.4 is 4.74 Å². The fourth-order valence-electron chi connectivity index (χ4n) is 1.08. The van der Waals surface area contributed by atoms with Crippen LogP contribution >= 0.6 is 0 Å². The third-order valence-electron chi connectivity index (χ3n) is 1.88. The standard InChI is InChI=1S/C7H6O3.C6H6O2/c8-5-10-7-3-1-2-6(9)4-7;7-5-3-1-2-4-6(5)8/h1-5,9H;1-4,7-8H. The number of carbonyl (C=O) groups excluding carboxylic acids is 1. The first-order chi connectivity index (χ1) is 8.63. The number of carbonyl (C=O) groups is 1. The second-order valence-corrected chi connectivity index (χ2v) is 3.20. The van der Waals surface area contributed by atoms with Crippen LogP contribution in [0.1, 0.15) is 0 Å². The van der Waals surface area contributed by atoms with Gasteiger partial charge in [-0.25, -0.2) is 0 Å². The summed E-state index contributed by atoms with van der Waals surface area (Å²) in [5, 5.41) is 26.2. The van der Waals surface area contributed by atoms with Crippen LogP contribution in [0.4, 0.5) is 0 Å². The highest BCUT2D eigenvalue weighted by molar-refractivity contribution is 5.46. The van der Waals surface area contributed by atoms with E-state index < -0.39 is 0 Å². The molecule has 18 heavy (non-hydrogen) atoms. The summed E-state index contributed by atoms with van der Waals surface area (Å²) in [4.78, 5) is 9.78. The summed E-state index contributed by atoms with van der Waals surface area (Å²) in [6, 6.07) is 12.2. The van der Waals surface area contributed by atoms with Gasteiger partial charge in [-0.2, -0.15) is 0 Å². The fourth-order valence-corrected chi connectivity index (χ4v) is 1.08. The highest BCUT2D eigenvalue weighted by Crippen LogP contribution is 2.21. The molecule has 0 radical (unpaired) electrons. The Bertz CT molecular complexity index is 489. The van der Waals surface area contributed by atoms with E-state index in [0.29, 0.717) is 12.2 Å². The highest BCUT2D eigenvalue weighted by Gasteiger charge is 1.91. The summed E-state index contributed by atoms with van der Waals surface area (Å²) < 4.78 is 4.45. The first-order valence-electron chi connectivity index (χ1n) is 5.00. The number of para-hydroxylation sites is 2. The van der Waals surface area contributed by atoms with Gasteiger partial charge in [0.1, 0.15) is 11.5 Å². The number of phenolic OH excluding ortho intramolecular Hbond substituents is 3. The Morgan fingerprint density at radius 1 is 0.889 bits per heavy atom. The van der Waals surface area contributed by atoms with Crippen molar-refractivity contribution in [3.8, 4) is 23.0 Å². The maximum Gasteiger partial charge on any atom is 0.298 e. The van der Waals surface area contributed by atoms with E-state index in [1.54, 1.807) is 24.3 Å². The monoisotopic (exact) mass is 248 g/mol. The lowest BCUT2D eigenvalue weighted by molar-refractivity contribution is -0.120. The number of hydrogen-bond acceptors (Lipinski definition) is 5. The smallest absolute Gasteiger partial charge is 0.298 e.